The van der Waals surface area contributed by atoms with Gasteiger partial charge in [-0.05, 0) is 29.6 Å². The van der Waals surface area contributed by atoms with Crippen molar-refractivity contribution in [1.29, 1.82) is 0 Å². The van der Waals surface area contributed by atoms with Crippen LogP contribution in [-0.4, -0.2) is 59.7 Å². The van der Waals surface area contributed by atoms with Gasteiger partial charge in [0.2, 0.25) is 11.8 Å². The van der Waals surface area contributed by atoms with E-state index < -0.39 is 110 Å². The molecule has 5 rings (SSSR count). The molecule has 3 aliphatic heterocycles. The molecular formula is C25H27N3O5. The Hall–Kier alpha value is -3.23. The van der Waals surface area contributed by atoms with Gasteiger partial charge in [-0.1, -0.05) is 30.3 Å². The molecule has 8 heteroatoms. The first kappa shape index (κ1) is 9.19. The maximum atomic E-state index is 13.5. The van der Waals surface area contributed by atoms with E-state index in [0.29, 0.717) is 0 Å². The Morgan fingerprint density at radius 1 is 1.09 bits per heavy atom. The minimum atomic E-state index is -3.60. The number of nitrogens with one attached hydrogen (secondary N) is 1. The second kappa shape index (κ2) is 9.33. The monoisotopic (exact) mass is 467 g/mol. The van der Waals surface area contributed by atoms with Gasteiger partial charge in [-0.2, -0.15) is 0 Å². The van der Waals surface area contributed by atoms with E-state index in [1.807, 2.05) is 0 Å². The standard InChI is InChI=1S/C25H27N3O5/c29-23-9-8-21(24(30)26-23)28-15-20-19(25(28)31)2-1-3-22(20)33-16-18-6-4-17(5-7-18)14-27-10-12-32-13-11-27/h1-7,21H,8-16H2,(H,26,29,30)/i8D2,9D2,10D2,11D2,12D2,13D2,14D2,15D2,16D2. The first-order valence-electron chi connectivity index (χ1n) is 18.4. The largest absolute Gasteiger partial charge is 0.489 e. The molecule has 0 saturated carbocycles. The Balaban J connectivity index is 1.49. The fraction of sp³-hybridized carbons (Fsp3) is 0.400. The van der Waals surface area contributed by atoms with Crippen molar-refractivity contribution in [2.45, 2.75) is 38.3 Å². The van der Waals surface area contributed by atoms with Crippen LogP contribution in [0, 0.1) is 0 Å². The molecule has 1 unspecified atom stereocenters. The van der Waals surface area contributed by atoms with Crippen molar-refractivity contribution in [3.63, 3.8) is 0 Å². The van der Waals surface area contributed by atoms with Gasteiger partial charge >= 0.3 is 0 Å². The van der Waals surface area contributed by atoms with E-state index in [-0.39, 0.29) is 9.80 Å². The summed E-state index contributed by atoms with van der Waals surface area (Å²) < 4.78 is 158. The molecule has 2 aromatic rings. The minimum absolute atomic E-state index is 0.101. The summed E-state index contributed by atoms with van der Waals surface area (Å²) >= 11 is 0. The van der Waals surface area contributed by atoms with E-state index in [4.69, 9.17) is 29.4 Å². The summed E-state index contributed by atoms with van der Waals surface area (Å²) in [5.74, 6) is -5.08. The number of ether oxygens (including phenoxy) is 2. The van der Waals surface area contributed by atoms with Gasteiger partial charge in [0, 0.05) is 50.7 Å². The van der Waals surface area contributed by atoms with Crippen LogP contribution in [0.3, 0.4) is 0 Å². The Bertz CT molecular complexity index is 1790. The molecule has 33 heavy (non-hydrogen) atoms. The number of hydrogen-bond donors (Lipinski definition) is 1. The number of imide groups is 1. The Morgan fingerprint density at radius 3 is 2.64 bits per heavy atom. The van der Waals surface area contributed by atoms with Gasteiger partial charge in [0.1, 0.15) is 18.4 Å². The highest BCUT2D eigenvalue weighted by molar-refractivity contribution is 6.05. The van der Waals surface area contributed by atoms with Crippen LogP contribution in [-0.2, 0) is 33.9 Å². The summed E-state index contributed by atoms with van der Waals surface area (Å²) in [4.78, 5) is 38.2. The average Bonchev–Trinajstić information content (AvgIpc) is 3.16. The molecule has 8 nitrogen and oxygen atoms in total. The lowest BCUT2D eigenvalue weighted by Gasteiger charge is -2.29. The number of piperidine rings is 1. The molecule has 0 aliphatic carbocycles. The molecule has 0 bridgehead atoms. The van der Waals surface area contributed by atoms with Crippen molar-refractivity contribution in [2.75, 3.05) is 26.1 Å². The zero-order valence-corrected chi connectivity index (χ0v) is 16.6. The smallest absolute Gasteiger partial charge is 0.255 e. The van der Waals surface area contributed by atoms with E-state index >= 15 is 0 Å². The summed E-state index contributed by atoms with van der Waals surface area (Å²) in [6, 6.07) is 4.31. The van der Waals surface area contributed by atoms with Gasteiger partial charge in [-0.25, -0.2) is 0 Å². The minimum Gasteiger partial charge on any atom is -0.489 e. The van der Waals surface area contributed by atoms with E-state index in [0.717, 1.165) is 42.5 Å². The van der Waals surface area contributed by atoms with E-state index in [2.05, 4.69) is 4.74 Å². The fourth-order valence-electron chi connectivity index (χ4n) is 3.09. The molecule has 0 aromatic heterocycles. The fourth-order valence-corrected chi connectivity index (χ4v) is 3.09. The van der Waals surface area contributed by atoms with Crippen molar-refractivity contribution in [3.05, 3.63) is 64.7 Å². The zero-order valence-electron chi connectivity index (χ0n) is 34.6. The van der Waals surface area contributed by atoms with Crippen molar-refractivity contribution >= 4 is 17.7 Å². The number of rotatable bonds is 6. The first-order valence-corrected chi connectivity index (χ1v) is 9.45. The van der Waals surface area contributed by atoms with E-state index in [1.165, 1.54) is 0 Å². The molecule has 1 atom stereocenters. The second-order valence-electron chi connectivity index (χ2n) is 6.71. The highest BCUT2D eigenvalue weighted by Gasteiger charge is 2.40. The third kappa shape index (κ3) is 4.62. The van der Waals surface area contributed by atoms with Crippen LogP contribution >= 0.6 is 0 Å². The average molecular weight is 468 g/mol. The van der Waals surface area contributed by atoms with Gasteiger partial charge in [0.25, 0.3) is 5.91 Å². The molecule has 3 aliphatic rings. The third-order valence-corrected chi connectivity index (χ3v) is 4.59. The predicted molar refractivity (Wildman–Crippen MR) is 119 cm³/mol. The highest BCUT2D eigenvalue weighted by atomic mass is 16.5. The number of carbonyl (C=O) groups is 3. The van der Waals surface area contributed by atoms with Crippen molar-refractivity contribution < 1.29 is 48.5 Å². The molecular weight excluding hydrogens is 422 g/mol. The van der Waals surface area contributed by atoms with Crippen LogP contribution < -0.4 is 10.1 Å². The topological polar surface area (TPSA) is 88.2 Å². The van der Waals surface area contributed by atoms with Crippen LogP contribution in [0.15, 0.2) is 42.5 Å². The Morgan fingerprint density at radius 2 is 1.85 bits per heavy atom. The summed E-state index contributed by atoms with van der Waals surface area (Å²) in [7, 11) is 0. The molecule has 2 aromatic carbocycles. The van der Waals surface area contributed by atoms with Crippen LogP contribution in [0.1, 0.15) is 64.5 Å². The summed E-state index contributed by atoms with van der Waals surface area (Å²) in [6.07, 6.45) is -6.83. The number of hydrogen-bond acceptors (Lipinski definition) is 6. The molecule has 3 amide bonds. The third-order valence-electron chi connectivity index (χ3n) is 4.59. The van der Waals surface area contributed by atoms with Crippen LogP contribution in [0.25, 0.3) is 0 Å². The summed E-state index contributed by atoms with van der Waals surface area (Å²) in [6.45, 7) is -23.7. The Labute approximate surface area is 217 Å². The van der Waals surface area contributed by atoms with E-state index in [9.17, 15) is 14.4 Å². The highest BCUT2D eigenvalue weighted by Crippen LogP contribution is 2.34. The SMILES string of the molecule is [2H]C([2H])(Oc1cccc2c1C([2H])([2H])N(C1C(=O)NC(=O)C([2H])([2H])C1([2H])[2H])C2=O)c1ccc(C([2H])([2H])N2C([2H])([2H])C([2H])([2H])OC([2H])([2H])C2([2H])[2H])cc1. The number of carbonyl (C=O) groups excluding carboxylic acids is 3. The van der Waals surface area contributed by atoms with Crippen molar-refractivity contribution in [2.24, 2.45) is 0 Å². The lowest BCUT2D eigenvalue weighted by Crippen LogP contribution is -2.52. The number of nitrogens with zero attached hydrogens (tertiary/aromatic N) is 2. The quantitative estimate of drug-likeness (QED) is 0.653. The maximum Gasteiger partial charge on any atom is 0.255 e. The lowest BCUT2D eigenvalue weighted by atomic mass is 10.0. The molecule has 0 spiro atoms. The van der Waals surface area contributed by atoms with Gasteiger partial charge in [-0.3, -0.25) is 24.6 Å². The van der Waals surface area contributed by atoms with Gasteiger partial charge in [0.15, 0.2) is 0 Å². The second-order valence-corrected chi connectivity index (χ2v) is 6.71. The van der Waals surface area contributed by atoms with Crippen LogP contribution in [0.2, 0.25) is 0 Å². The number of morpholine rings is 1. The maximum absolute atomic E-state index is 13.5. The molecule has 2 saturated heterocycles. The summed E-state index contributed by atoms with van der Waals surface area (Å²) in [5, 5.41) is 1.61. The molecule has 0 radical (unpaired) electrons. The number of benzene rings is 2. The van der Waals surface area contributed by atoms with Crippen molar-refractivity contribution in [1.82, 2.24) is 15.1 Å². The summed E-state index contributed by atoms with van der Waals surface area (Å²) in [5.41, 5.74) is -2.17. The van der Waals surface area contributed by atoms with Crippen molar-refractivity contribution in [3.8, 4) is 5.75 Å². The molecule has 2 fully saturated rings. The van der Waals surface area contributed by atoms with Gasteiger partial charge in [-0.15, -0.1) is 0 Å². The Kier molecular flexibility index (Phi) is 2.60. The normalized spacial score (nSPS) is 40.8. The molecule has 172 valence electrons. The lowest BCUT2D eigenvalue weighted by molar-refractivity contribution is -0.136. The van der Waals surface area contributed by atoms with Gasteiger partial charge in [0.05, 0.1) is 30.6 Å². The molecule has 1 N–H and O–H groups in total. The molecule has 3 heterocycles. The number of fused-ring (bicyclic) bond motifs is 1. The van der Waals surface area contributed by atoms with Crippen LogP contribution in [0.5, 0.6) is 5.75 Å². The van der Waals surface area contributed by atoms with Crippen LogP contribution in [0.4, 0.5) is 0 Å². The first-order chi connectivity index (χ1) is 22.8. The predicted octanol–water partition coefficient (Wildman–Crippen LogP) is 1.86. The number of amides is 3. The van der Waals surface area contributed by atoms with Gasteiger partial charge < -0.3 is 14.4 Å². The zero-order chi connectivity index (χ0) is 38.9. The van der Waals surface area contributed by atoms with E-state index in [1.54, 1.807) is 5.32 Å².